The molecule has 2 aliphatic heterocycles. The van der Waals surface area contributed by atoms with Gasteiger partial charge in [0.05, 0.1) is 5.57 Å². The van der Waals surface area contributed by atoms with Crippen LogP contribution in [0.1, 0.15) is 19.1 Å². The van der Waals surface area contributed by atoms with Gasteiger partial charge in [0.15, 0.2) is 5.84 Å². The van der Waals surface area contributed by atoms with Crippen LogP contribution in [-0.4, -0.2) is 27.0 Å². The van der Waals surface area contributed by atoms with Gasteiger partial charge < -0.3 is 4.42 Å². The van der Waals surface area contributed by atoms with E-state index in [2.05, 4.69) is 10.1 Å². The lowest BCUT2D eigenvalue weighted by atomic mass is 10.1. The molecule has 0 saturated heterocycles. The number of hydrogen-bond acceptors (Lipinski definition) is 5. The first kappa shape index (κ1) is 15.6. The number of furan rings is 1. The summed E-state index contributed by atoms with van der Waals surface area (Å²) in [5, 5.41) is 15.3. The number of nitrogens with one attached hydrogen (secondary N) is 1. The summed E-state index contributed by atoms with van der Waals surface area (Å²) in [7, 11) is 0. The van der Waals surface area contributed by atoms with Crippen molar-refractivity contribution < 1.29 is 9.21 Å². The highest BCUT2D eigenvalue weighted by Gasteiger charge is 2.35. The van der Waals surface area contributed by atoms with Crippen molar-refractivity contribution in [2.24, 2.45) is 10.1 Å². The van der Waals surface area contributed by atoms with Gasteiger partial charge in [-0.2, -0.15) is 15.1 Å². The third-order valence-corrected chi connectivity index (χ3v) is 4.82. The second kappa shape index (κ2) is 6.18. The van der Waals surface area contributed by atoms with Crippen molar-refractivity contribution in [3.8, 4) is 11.3 Å². The zero-order chi connectivity index (χ0) is 17.4. The molecule has 2 aromatic rings. The molecule has 4 rings (SSSR count). The predicted octanol–water partition coefficient (Wildman–Crippen LogP) is 3.98. The van der Waals surface area contributed by atoms with Crippen LogP contribution in [0.25, 0.3) is 17.4 Å². The fraction of sp³-hybridized carbons (Fsp3) is 0.111. The van der Waals surface area contributed by atoms with Gasteiger partial charge in [0.1, 0.15) is 16.6 Å². The Balaban J connectivity index is 1.66. The number of aliphatic imine (C=N–C) groups is 1. The van der Waals surface area contributed by atoms with Crippen LogP contribution in [0.3, 0.4) is 0 Å². The Morgan fingerprint density at radius 2 is 2.04 bits per heavy atom. The molecule has 0 radical (unpaired) electrons. The Hall–Kier alpha value is -2.93. The number of hydrazone groups is 1. The molecule has 0 fully saturated rings. The van der Waals surface area contributed by atoms with E-state index >= 15 is 0 Å². The maximum Gasteiger partial charge on any atom is 0.283 e. The summed E-state index contributed by atoms with van der Waals surface area (Å²) in [5.74, 6) is 0.768. The van der Waals surface area contributed by atoms with Crippen LogP contribution in [0.2, 0.25) is 0 Å². The number of hydrogen-bond donors (Lipinski definition) is 1. The maximum absolute atomic E-state index is 12.3. The average Bonchev–Trinajstić information content (AvgIpc) is 3.26. The Kier molecular flexibility index (Phi) is 3.85. The highest BCUT2D eigenvalue weighted by atomic mass is 32.2. The van der Waals surface area contributed by atoms with Gasteiger partial charge in [-0.15, -0.1) is 0 Å². The van der Waals surface area contributed by atoms with Crippen LogP contribution in [0.15, 0.2) is 62.5 Å². The number of amides is 1. The van der Waals surface area contributed by atoms with Gasteiger partial charge in [0.25, 0.3) is 5.91 Å². The van der Waals surface area contributed by atoms with Gasteiger partial charge in [0, 0.05) is 5.56 Å². The van der Waals surface area contributed by atoms with Crippen molar-refractivity contribution >= 4 is 39.8 Å². The van der Waals surface area contributed by atoms with Gasteiger partial charge in [-0.25, -0.2) is 0 Å². The number of thioether (sulfide) groups is 1. The van der Waals surface area contributed by atoms with Crippen molar-refractivity contribution in [2.75, 3.05) is 0 Å². The van der Waals surface area contributed by atoms with E-state index in [9.17, 15) is 4.79 Å². The molecule has 6 nitrogen and oxygen atoms in total. The Morgan fingerprint density at radius 1 is 1.24 bits per heavy atom. The molecule has 1 aromatic carbocycles. The summed E-state index contributed by atoms with van der Waals surface area (Å²) in [6.45, 7) is 1.97. The topological polar surface area (TPSA) is 82.0 Å². The van der Waals surface area contributed by atoms with E-state index in [-0.39, 0.29) is 11.4 Å². The van der Waals surface area contributed by atoms with Crippen LogP contribution >= 0.6 is 11.8 Å². The van der Waals surface area contributed by atoms with Crippen LogP contribution < -0.4 is 0 Å². The normalized spacial score (nSPS) is 18.4. The third kappa shape index (κ3) is 2.83. The summed E-state index contributed by atoms with van der Waals surface area (Å²) in [6.07, 6.45) is 2.28. The number of carbonyl (C=O) groups excluding carboxylic acids is 1. The van der Waals surface area contributed by atoms with Crippen molar-refractivity contribution in [3.05, 3.63) is 53.8 Å². The lowest BCUT2D eigenvalue weighted by molar-refractivity contribution is -0.114. The van der Waals surface area contributed by atoms with Gasteiger partial charge in [-0.1, -0.05) is 37.3 Å². The molecule has 0 bridgehead atoms. The van der Waals surface area contributed by atoms with Crippen LogP contribution in [-0.2, 0) is 4.79 Å². The summed E-state index contributed by atoms with van der Waals surface area (Å²) >= 11 is 1.33. The number of carbonyl (C=O) groups is 1. The van der Waals surface area contributed by atoms with E-state index in [0.29, 0.717) is 16.7 Å². The zero-order valence-electron chi connectivity index (χ0n) is 13.4. The average molecular weight is 350 g/mol. The van der Waals surface area contributed by atoms with E-state index in [1.165, 1.54) is 16.8 Å². The van der Waals surface area contributed by atoms with E-state index in [1.54, 1.807) is 12.1 Å². The Labute approximate surface area is 148 Å². The summed E-state index contributed by atoms with van der Waals surface area (Å²) in [5.41, 5.74) is 1.12. The smallest absolute Gasteiger partial charge is 0.283 e. The summed E-state index contributed by atoms with van der Waals surface area (Å²) < 4.78 is 5.79. The highest BCUT2D eigenvalue weighted by Crippen LogP contribution is 2.30. The molecule has 25 heavy (non-hydrogen) atoms. The standard InChI is InChI=1S/C18H14N4O2S/c1-2-15-21-22-16(19)13(17(23)20-18(22)25-15)10-12-8-9-14(24-12)11-6-4-3-5-7-11/h3-10,19H,2H2,1H3/b13-10+,19-16?. The first-order valence-corrected chi connectivity index (χ1v) is 8.61. The van der Waals surface area contributed by atoms with Crippen LogP contribution in [0.4, 0.5) is 0 Å². The zero-order valence-corrected chi connectivity index (χ0v) is 14.2. The monoisotopic (exact) mass is 350 g/mol. The number of amidine groups is 2. The number of benzene rings is 1. The minimum absolute atomic E-state index is 0.0172. The molecule has 1 amide bonds. The molecule has 7 heteroatoms. The van der Waals surface area contributed by atoms with E-state index in [1.807, 2.05) is 43.3 Å². The Morgan fingerprint density at radius 3 is 2.80 bits per heavy atom. The quantitative estimate of drug-likeness (QED) is 0.849. The first-order valence-electron chi connectivity index (χ1n) is 7.80. The second-order valence-electron chi connectivity index (χ2n) is 5.44. The first-order chi connectivity index (χ1) is 12.2. The maximum atomic E-state index is 12.3. The minimum Gasteiger partial charge on any atom is -0.457 e. The molecule has 0 unspecified atom stereocenters. The van der Waals surface area contributed by atoms with Crippen LogP contribution in [0.5, 0.6) is 0 Å². The summed E-state index contributed by atoms with van der Waals surface area (Å²) in [4.78, 5) is 16.3. The molecular formula is C18H14N4O2S. The number of fused-ring (bicyclic) bond motifs is 1. The van der Waals surface area contributed by atoms with Gasteiger partial charge >= 0.3 is 0 Å². The van der Waals surface area contributed by atoms with Gasteiger partial charge in [0.2, 0.25) is 5.17 Å². The fourth-order valence-electron chi connectivity index (χ4n) is 2.50. The summed E-state index contributed by atoms with van der Waals surface area (Å²) in [6, 6.07) is 13.3. The lowest BCUT2D eigenvalue weighted by Gasteiger charge is -2.19. The predicted molar refractivity (Wildman–Crippen MR) is 99.4 cm³/mol. The fourth-order valence-corrected chi connectivity index (χ4v) is 3.33. The molecule has 1 aromatic heterocycles. The van der Waals surface area contributed by atoms with E-state index in [0.717, 1.165) is 17.0 Å². The highest BCUT2D eigenvalue weighted by molar-refractivity contribution is 8.26. The molecule has 1 N–H and O–H groups in total. The van der Waals surface area contributed by atoms with Gasteiger partial charge in [-0.05, 0) is 36.4 Å². The molecule has 124 valence electrons. The molecule has 0 saturated carbocycles. The Bertz CT molecular complexity index is 956. The molecule has 0 atom stereocenters. The van der Waals surface area contributed by atoms with Gasteiger partial charge in [-0.3, -0.25) is 10.2 Å². The van der Waals surface area contributed by atoms with Crippen molar-refractivity contribution in [2.45, 2.75) is 13.3 Å². The third-order valence-electron chi connectivity index (χ3n) is 3.77. The molecule has 2 aliphatic rings. The minimum atomic E-state index is -0.450. The van der Waals surface area contributed by atoms with Crippen molar-refractivity contribution in [1.82, 2.24) is 5.01 Å². The SMILES string of the molecule is CCC1=NN2C(=N)/C(=C\c3ccc(-c4ccccc4)o3)C(=O)N=C2S1. The van der Waals surface area contributed by atoms with E-state index in [4.69, 9.17) is 9.83 Å². The number of nitrogens with zero attached hydrogens (tertiary/aromatic N) is 3. The molecular weight excluding hydrogens is 336 g/mol. The molecule has 0 aliphatic carbocycles. The van der Waals surface area contributed by atoms with Crippen LogP contribution in [0, 0.1) is 5.41 Å². The van der Waals surface area contributed by atoms with Crippen molar-refractivity contribution in [3.63, 3.8) is 0 Å². The lowest BCUT2D eigenvalue weighted by Crippen LogP contribution is -2.35. The van der Waals surface area contributed by atoms with E-state index < -0.39 is 5.91 Å². The van der Waals surface area contributed by atoms with Crippen molar-refractivity contribution in [1.29, 1.82) is 5.41 Å². The molecule has 0 spiro atoms. The largest absolute Gasteiger partial charge is 0.457 e. The number of rotatable bonds is 3. The molecule has 3 heterocycles. The second-order valence-corrected chi connectivity index (χ2v) is 6.48.